The Kier molecular flexibility index (Phi) is 4.88. The van der Waals surface area contributed by atoms with E-state index in [1.54, 1.807) is 0 Å². The maximum absolute atomic E-state index is 13.6. The second-order valence-corrected chi connectivity index (χ2v) is 7.61. The Balaban J connectivity index is 1.74. The van der Waals surface area contributed by atoms with Crippen molar-refractivity contribution in [2.75, 3.05) is 6.54 Å². The Labute approximate surface area is 169 Å². The third kappa shape index (κ3) is 3.07. The van der Waals surface area contributed by atoms with Gasteiger partial charge in [-0.2, -0.15) is 4.48 Å². The van der Waals surface area contributed by atoms with Crippen molar-refractivity contribution in [1.82, 2.24) is 4.48 Å². The number of amides is 2. The standard InChI is InChI=1S/C24H21ClNO2/c1-17(27)26(16-4-6-20-5-2-3-7-23(20)26)24(28)21-10-8-18(9-11-21)19-12-14-22(25)15-13-19/h2-3,5,7-15H,4,6,16H2,1H3/q+1. The van der Waals surface area contributed by atoms with Gasteiger partial charge in [-0.05, 0) is 41.8 Å². The summed E-state index contributed by atoms with van der Waals surface area (Å²) in [6.07, 6.45) is 1.71. The molecule has 3 aromatic rings. The average molecular weight is 391 g/mol. The summed E-state index contributed by atoms with van der Waals surface area (Å²) in [7, 11) is 0. The number of halogens is 1. The van der Waals surface area contributed by atoms with Crippen molar-refractivity contribution in [2.24, 2.45) is 0 Å². The van der Waals surface area contributed by atoms with Crippen LogP contribution >= 0.6 is 11.6 Å². The van der Waals surface area contributed by atoms with Crippen LogP contribution in [0.1, 0.15) is 29.3 Å². The van der Waals surface area contributed by atoms with Crippen LogP contribution in [-0.4, -0.2) is 18.4 Å². The average Bonchev–Trinajstić information content (AvgIpc) is 2.73. The maximum atomic E-state index is 13.6. The molecule has 0 saturated carbocycles. The molecule has 0 N–H and O–H groups in total. The van der Waals surface area contributed by atoms with Gasteiger partial charge in [-0.1, -0.05) is 54.1 Å². The molecule has 3 nitrogen and oxygen atoms in total. The summed E-state index contributed by atoms with van der Waals surface area (Å²) in [5, 5.41) is 0.687. The van der Waals surface area contributed by atoms with Crippen molar-refractivity contribution in [2.45, 2.75) is 19.8 Å². The van der Waals surface area contributed by atoms with Gasteiger partial charge in [0.05, 0.1) is 19.0 Å². The van der Waals surface area contributed by atoms with E-state index in [4.69, 9.17) is 11.6 Å². The van der Waals surface area contributed by atoms with Crippen LogP contribution in [0.2, 0.25) is 5.02 Å². The third-order valence-corrected chi connectivity index (χ3v) is 5.79. The lowest BCUT2D eigenvalue weighted by Gasteiger charge is -2.36. The molecule has 1 aliphatic heterocycles. The van der Waals surface area contributed by atoms with Crippen LogP contribution in [0.4, 0.5) is 5.69 Å². The van der Waals surface area contributed by atoms with Crippen LogP contribution in [0, 0.1) is 0 Å². The van der Waals surface area contributed by atoms with Crippen LogP contribution < -0.4 is 4.48 Å². The van der Waals surface area contributed by atoms with Gasteiger partial charge in [-0.25, -0.2) is 9.59 Å². The number of benzene rings is 3. The van der Waals surface area contributed by atoms with Gasteiger partial charge in [0.25, 0.3) is 0 Å². The minimum Gasteiger partial charge on any atom is -0.230 e. The number of quaternary nitrogens is 1. The summed E-state index contributed by atoms with van der Waals surface area (Å²) < 4.78 is -0.240. The van der Waals surface area contributed by atoms with Gasteiger partial charge in [-0.15, -0.1) is 0 Å². The molecule has 0 aliphatic carbocycles. The maximum Gasteiger partial charge on any atom is 0.358 e. The number of hydrogen-bond acceptors (Lipinski definition) is 2. The van der Waals surface area contributed by atoms with Crippen LogP contribution in [0.3, 0.4) is 0 Å². The molecule has 0 saturated heterocycles. The molecule has 1 aliphatic rings. The quantitative estimate of drug-likeness (QED) is 0.530. The second kappa shape index (κ2) is 7.34. The first kappa shape index (κ1) is 18.6. The number of carbonyl (C=O) groups excluding carboxylic acids is 2. The van der Waals surface area contributed by atoms with E-state index in [9.17, 15) is 9.59 Å². The highest BCUT2D eigenvalue weighted by Gasteiger charge is 2.47. The highest BCUT2D eigenvalue weighted by Crippen LogP contribution is 2.36. The topological polar surface area (TPSA) is 34.1 Å². The molecule has 0 radical (unpaired) electrons. The molecular formula is C24H21ClNO2+. The zero-order valence-electron chi connectivity index (χ0n) is 15.7. The number of imide groups is 1. The Morgan fingerprint density at radius 2 is 1.46 bits per heavy atom. The predicted octanol–water partition coefficient (Wildman–Crippen LogP) is 5.65. The van der Waals surface area contributed by atoms with Gasteiger partial charge in [0.1, 0.15) is 0 Å². The van der Waals surface area contributed by atoms with E-state index in [-0.39, 0.29) is 16.3 Å². The lowest BCUT2D eigenvalue weighted by atomic mass is 9.96. The normalized spacial score (nSPS) is 18.4. The number of carbonyl (C=O) groups is 2. The lowest BCUT2D eigenvalue weighted by Crippen LogP contribution is -2.60. The summed E-state index contributed by atoms with van der Waals surface area (Å²) in [4.78, 5) is 26.3. The summed E-state index contributed by atoms with van der Waals surface area (Å²) >= 11 is 5.96. The molecular weight excluding hydrogens is 370 g/mol. The van der Waals surface area contributed by atoms with Crippen molar-refractivity contribution in [3.63, 3.8) is 0 Å². The third-order valence-electron chi connectivity index (χ3n) is 5.54. The van der Waals surface area contributed by atoms with E-state index in [0.717, 1.165) is 35.2 Å². The first-order chi connectivity index (χ1) is 13.5. The van der Waals surface area contributed by atoms with Gasteiger partial charge >= 0.3 is 11.8 Å². The second-order valence-electron chi connectivity index (χ2n) is 7.17. The number of hydrogen-bond donors (Lipinski definition) is 0. The Morgan fingerprint density at radius 1 is 0.857 bits per heavy atom. The number of aryl methyl sites for hydroxylation is 1. The van der Waals surface area contributed by atoms with Crippen molar-refractivity contribution in [1.29, 1.82) is 0 Å². The summed E-state index contributed by atoms with van der Waals surface area (Å²) in [6.45, 7) is 2.02. The molecule has 0 aromatic heterocycles. The minimum atomic E-state index is -0.240. The molecule has 0 spiro atoms. The number of rotatable bonds is 2. The van der Waals surface area contributed by atoms with Gasteiger partial charge < -0.3 is 0 Å². The van der Waals surface area contributed by atoms with Crippen LogP contribution in [0.15, 0.2) is 72.8 Å². The van der Waals surface area contributed by atoms with Crippen molar-refractivity contribution in [3.8, 4) is 11.1 Å². The molecule has 1 atom stereocenters. The van der Waals surface area contributed by atoms with E-state index in [0.29, 0.717) is 17.1 Å². The molecule has 140 valence electrons. The first-order valence-corrected chi connectivity index (χ1v) is 9.79. The summed E-state index contributed by atoms with van der Waals surface area (Å²) in [5.74, 6) is -0.304. The van der Waals surface area contributed by atoms with Crippen molar-refractivity contribution in [3.05, 3.63) is 88.9 Å². The molecule has 0 fully saturated rings. The largest absolute Gasteiger partial charge is 0.358 e. The number of para-hydroxylation sites is 1. The smallest absolute Gasteiger partial charge is 0.230 e. The fourth-order valence-electron chi connectivity index (χ4n) is 4.07. The van der Waals surface area contributed by atoms with Gasteiger partial charge in [0, 0.05) is 23.1 Å². The zero-order chi connectivity index (χ0) is 19.7. The highest BCUT2D eigenvalue weighted by atomic mass is 35.5. The molecule has 4 heteroatoms. The fraction of sp³-hybridized carbons (Fsp3) is 0.167. The van der Waals surface area contributed by atoms with E-state index in [2.05, 4.69) is 0 Å². The van der Waals surface area contributed by atoms with E-state index in [1.165, 1.54) is 6.92 Å². The van der Waals surface area contributed by atoms with Gasteiger partial charge in [0.2, 0.25) is 0 Å². The Morgan fingerprint density at radius 3 is 2.11 bits per heavy atom. The van der Waals surface area contributed by atoms with Crippen LogP contribution in [0.5, 0.6) is 0 Å². The lowest BCUT2D eigenvalue weighted by molar-refractivity contribution is -0.126. The molecule has 3 aromatic carbocycles. The molecule has 0 bridgehead atoms. The van der Waals surface area contributed by atoms with Crippen LogP contribution in [-0.2, 0) is 11.2 Å². The molecule has 2 amide bonds. The first-order valence-electron chi connectivity index (χ1n) is 9.41. The molecule has 1 unspecified atom stereocenters. The number of nitrogens with zero attached hydrogens (tertiary/aromatic N) is 1. The SMILES string of the molecule is CC(=O)[N+]1(C(=O)c2ccc(-c3ccc(Cl)cc3)cc2)CCCc2ccccc21. The summed E-state index contributed by atoms with van der Waals surface area (Å²) in [5.41, 5.74) is 4.47. The van der Waals surface area contributed by atoms with E-state index >= 15 is 0 Å². The highest BCUT2D eigenvalue weighted by molar-refractivity contribution is 6.30. The molecule has 1 heterocycles. The Bertz CT molecular complexity index is 1040. The molecule has 4 rings (SSSR count). The fourth-order valence-corrected chi connectivity index (χ4v) is 4.20. The van der Waals surface area contributed by atoms with Crippen LogP contribution in [0.25, 0.3) is 11.1 Å². The van der Waals surface area contributed by atoms with Crippen molar-refractivity contribution < 1.29 is 9.59 Å². The van der Waals surface area contributed by atoms with E-state index in [1.807, 2.05) is 72.8 Å². The minimum absolute atomic E-state index is 0.140. The predicted molar refractivity (Wildman–Crippen MR) is 113 cm³/mol. The van der Waals surface area contributed by atoms with E-state index < -0.39 is 0 Å². The van der Waals surface area contributed by atoms with Gasteiger partial charge in [-0.3, -0.25) is 0 Å². The number of fused-ring (bicyclic) bond motifs is 1. The van der Waals surface area contributed by atoms with Gasteiger partial charge in [0.15, 0.2) is 5.69 Å². The Hall–Kier alpha value is -2.75. The summed E-state index contributed by atoms with van der Waals surface area (Å²) in [6, 6.07) is 22.8. The molecule has 28 heavy (non-hydrogen) atoms. The zero-order valence-corrected chi connectivity index (χ0v) is 16.4. The monoisotopic (exact) mass is 390 g/mol. The van der Waals surface area contributed by atoms with Crippen molar-refractivity contribution >= 4 is 29.1 Å².